The van der Waals surface area contributed by atoms with E-state index in [1.165, 1.54) is 4.90 Å². The van der Waals surface area contributed by atoms with Gasteiger partial charge in [0.15, 0.2) is 5.13 Å². The Hall–Kier alpha value is -2.37. The maximum Gasteiger partial charge on any atom is 0.265 e. The summed E-state index contributed by atoms with van der Waals surface area (Å²) in [5.74, 6) is -2.86. The van der Waals surface area contributed by atoms with E-state index in [4.69, 9.17) is 4.74 Å². The van der Waals surface area contributed by atoms with Crippen molar-refractivity contribution in [2.24, 2.45) is 5.41 Å². The van der Waals surface area contributed by atoms with Crippen molar-refractivity contribution in [1.29, 1.82) is 0 Å². The van der Waals surface area contributed by atoms with Crippen LogP contribution in [-0.4, -0.2) is 63.8 Å². The van der Waals surface area contributed by atoms with E-state index in [1.54, 1.807) is 13.8 Å². The number of benzene rings is 1. The van der Waals surface area contributed by atoms with Gasteiger partial charge in [0.1, 0.15) is 10.4 Å². The summed E-state index contributed by atoms with van der Waals surface area (Å²) in [5, 5.41) is 28.0. The van der Waals surface area contributed by atoms with Crippen LogP contribution in [0, 0.1) is 5.41 Å². The first-order valence-corrected chi connectivity index (χ1v) is 11.8. The van der Waals surface area contributed by atoms with Gasteiger partial charge in [-0.05, 0) is 26.7 Å². The fourth-order valence-electron chi connectivity index (χ4n) is 3.57. The van der Waals surface area contributed by atoms with Crippen molar-refractivity contribution in [2.45, 2.75) is 45.1 Å². The Kier molecular flexibility index (Phi) is 6.32. The Morgan fingerprint density at radius 3 is 2.39 bits per heavy atom. The number of morpholine rings is 1. The second-order valence-corrected chi connectivity index (χ2v) is 10.4. The molecule has 0 radical (unpaired) electrons. The standard InChI is InChI=1S/C23H30N4O5S/c1-21(2,26-19(29)22(3)9-10-22)18(28)25-20-24-16(15-7-5-4-6-8-15)17(33-20)23(30,31)27-11-13-32-14-12-27/h4-8,30-31H,9-14H2,1-3H3,(H,26,29)(H,24,25,28). The number of nitrogens with one attached hydrogen (secondary N) is 2. The van der Waals surface area contributed by atoms with Crippen molar-refractivity contribution >= 4 is 28.3 Å². The number of thiazole rings is 1. The van der Waals surface area contributed by atoms with Crippen LogP contribution in [0.25, 0.3) is 11.3 Å². The zero-order chi connectivity index (χ0) is 23.9. The average Bonchev–Trinajstić information content (AvgIpc) is 3.40. The summed E-state index contributed by atoms with van der Waals surface area (Å²) in [5.41, 5.74) is -0.502. The highest BCUT2D eigenvalue weighted by Gasteiger charge is 2.47. The monoisotopic (exact) mass is 474 g/mol. The van der Waals surface area contributed by atoms with Gasteiger partial charge in [0.25, 0.3) is 11.8 Å². The van der Waals surface area contributed by atoms with Gasteiger partial charge in [-0.25, -0.2) is 9.88 Å². The number of aliphatic hydroxyl groups is 2. The van der Waals surface area contributed by atoms with Crippen LogP contribution < -0.4 is 10.6 Å². The molecule has 4 N–H and O–H groups in total. The van der Waals surface area contributed by atoms with E-state index in [0.29, 0.717) is 37.6 Å². The molecule has 1 aliphatic carbocycles. The van der Waals surface area contributed by atoms with Gasteiger partial charge in [0, 0.05) is 24.1 Å². The number of ether oxygens (including phenoxy) is 1. The molecule has 2 amide bonds. The van der Waals surface area contributed by atoms with Gasteiger partial charge in [-0.15, -0.1) is 0 Å². The minimum atomic E-state index is -2.28. The number of amides is 2. The minimum absolute atomic E-state index is 0.149. The number of hydrogen-bond donors (Lipinski definition) is 4. The fourth-order valence-corrected chi connectivity index (χ4v) is 4.57. The van der Waals surface area contributed by atoms with E-state index in [0.717, 1.165) is 24.2 Å². The van der Waals surface area contributed by atoms with E-state index in [-0.39, 0.29) is 15.9 Å². The molecule has 9 nitrogen and oxygen atoms in total. The molecule has 1 saturated heterocycles. The van der Waals surface area contributed by atoms with E-state index < -0.39 is 22.8 Å². The molecule has 33 heavy (non-hydrogen) atoms. The summed E-state index contributed by atoms with van der Waals surface area (Å²) in [6, 6.07) is 9.16. The number of carbonyl (C=O) groups excluding carboxylic acids is 2. The van der Waals surface area contributed by atoms with Crippen molar-refractivity contribution in [3.05, 3.63) is 35.2 Å². The van der Waals surface area contributed by atoms with Crippen molar-refractivity contribution < 1.29 is 24.5 Å². The van der Waals surface area contributed by atoms with Crippen LogP contribution in [0.4, 0.5) is 5.13 Å². The lowest BCUT2D eigenvalue weighted by Gasteiger charge is -2.36. The van der Waals surface area contributed by atoms with E-state index in [2.05, 4.69) is 15.6 Å². The van der Waals surface area contributed by atoms with Gasteiger partial charge in [-0.2, -0.15) is 0 Å². The molecule has 2 fully saturated rings. The molecule has 178 valence electrons. The largest absolute Gasteiger partial charge is 0.379 e. The molecule has 10 heteroatoms. The number of nitrogens with zero attached hydrogens (tertiary/aromatic N) is 2. The molecule has 0 bridgehead atoms. The number of rotatable bonds is 7. The predicted octanol–water partition coefficient (Wildman–Crippen LogP) is 1.87. The highest BCUT2D eigenvalue weighted by molar-refractivity contribution is 7.16. The van der Waals surface area contributed by atoms with Gasteiger partial charge in [-0.1, -0.05) is 48.6 Å². The summed E-state index contributed by atoms with van der Waals surface area (Å²) in [6.45, 7) is 6.61. The Labute approximate surface area is 196 Å². The smallest absolute Gasteiger partial charge is 0.265 e. The number of carbonyl (C=O) groups is 2. The Bertz CT molecular complexity index is 1030. The van der Waals surface area contributed by atoms with Crippen LogP contribution in [0.15, 0.2) is 30.3 Å². The van der Waals surface area contributed by atoms with E-state index in [1.807, 2.05) is 37.3 Å². The third-order valence-electron chi connectivity index (χ3n) is 6.19. The van der Waals surface area contributed by atoms with Crippen LogP contribution in [0.2, 0.25) is 0 Å². The van der Waals surface area contributed by atoms with Gasteiger partial charge in [0.2, 0.25) is 5.91 Å². The maximum atomic E-state index is 13.0. The summed E-state index contributed by atoms with van der Waals surface area (Å²) in [7, 11) is 0. The molecular formula is C23H30N4O5S. The van der Waals surface area contributed by atoms with E-state index >= 15 is 0 Å². The third kappa shape index (κ3) is 4.95. The van der Waals surface area contributed by atoms with Gasteiger partial charge in [0.05, 0.1) is 18.9 Å². The first kappa shape index (κ1) is 23.8. The SMILES string of the molecule is CC1(C(=O)NC(C)(C)C(=O)Nc2nc(-c3ccccc3)c(C(O)(O)N3CCOCC3)s2)CC1. The van der Waals surface area contributed by atoms with Crippen LogP contribution >= 0.6 is 11.3 Å². The Morgan fingerprint density at radius 2 is 1.79 bits per heavy atom. The van der Waals surface area contributed by atoms with Crippen molar-refractivity contribution in [3.63, 3.8) is 0 Å². The molecule has 2 aliphatic rings. The van der Waals surface area contributed by atoms with Crippen LogP contribution in [-0.2, 0) is 20.2 Å². The molecule has 0 atom stereocenters. The van der Waals surface area contributed by atoms with Gasteiger partial charge < -0.3 is 20.3 Å². The third-order valence-corrected chi connectivity index (χ3v) is 7.25. The summed E-state index contributed by atoms with van der Waals surface area (Å²) >= 11 is 0.998. The Balaban J connectivity index is 1.61. The number of aromatic nitrogens is 1. The van der Waals surface area contributed by atoms with Crippen LogP contribution in [0.5, 0.6) is 0 Å². The zero-order valence-corrected chi connectivity index (χ0v) is 19.9. The summed E-state index contributed by atoms with van der Waals surface area (Å²) in [6.07, 6.45) is 1.62. The predicted molar refractivity (Wildman–Crippen MR) is 124 cm³/mol. The lowest BCUT2D eigenvalue weighted by Crippen LogP contribution is -2.54. The normalized spacial score (nSPS) is 18.6. The highest BCUT2D eigenvalue weighted by atomic mass is 32.1. The molecule has 1 aromatic heterocycles. The molecule has 1 aromatic carbocycles. The van der Waals surface area contributed by atoms with Crippen LogP contribution in [0.1, 0.15) is 38.5 Å². The van der Waals surface area contributed by atoms with Gasteiger partial charge in [-0.3, -0.25) is 14.9 Å². The summed E-state index contributed by atoms with van der Waals surface area (Å²) < 4.78 is 5.33. The van der Waals surface area contributed by atoms with Crippen molar-refractivity contribution in [2.75, 3.05) is 31.6 Å². The lowest BCUT2D eigenvalue weighted by atomic mass is 10.0. The highest BCUT2D eigenvalue weighted by Crippen LogP contribution is 2.45. The molecule has 1 aliphatic heterocycles. The zero-order valence-electron chi connectivity index (χ0n) is 19.1. The quantitative estimate of drug-likeness (QED) is 0.452. The Morgan fingerprint density at radius 1 is 1.15 bits per heavy atom. The molecular weight excluding hydrogens is 444 g/mol. The average molecular weight is 475 g/mol. The number of hydrogen-bond acceptors (Lipinski definition) is 8. The summed E-state index contributed by atoms with van der Waals surface area (Å²) in [4.78, 5) is 31.7. The topological polar surface area (TPSA) is 124 Å². The van der Waals surface area contributed by atoms with Gasteiger partial charge >= 0.3 is 0 Å². The molecule has 0 unspecified atom stereocenters. The van der Waals surface area contributed by atoms with Crippen molar-refractivity contribution in [3.8, 4) is 11.3 Å². The minimum Gasteiger partial charge on any atom is -0.379 e. The molecule has 2 aromatic rings. The molecule has 2 heterocycles. The fraction of sp³-hybridized carbons (Fsp3) is 0.522. The molecule has 0 spiro atoms. The van der Waals surface area contributed by atoms with Crippen LogP contribution in [0.3, 0.4) is 0 Å². The van der Waals surface area contributed by atoms with E-state index in [9.17, 15) is 19.8 Å². The second-order valence-electron chi connectivity index (χ2n) is 9.39. The lowest BCUT2D eigenvalue weighted by molar-refractivity contribution is -0.284. The number of anilines is 1. The second kappa shape index (κ2) is 8.77. The van der Waals surface area contributed by atoms with Crippen molar-refractivity contribution in [1.82, 2.24) is 15.2 Å². The molecule has 1 saturated carbocycles. The first-order valence-electron chi connectivity index (χ1n) is 11.0. The first-order chi connectivity index (χ1) is 15.5. The molecule has 4 rings (SSSR count). The maximum absolute atomic E-state index is 13.0.